The zero-order chi connectivity index (χ0) is 16.8. The van der Waals surface area contributed by atoms with E-state index in [4.69, 9.17) is 17.0 Å². The summed E-state index contributed by atoms with van der Waals surface area (Å²) in [6.07, 6.45) is 0. The third-order valence-corrected chi connectivity index (χ3v) is 3.91. The van der Waals surface area contributed by atoms with Crippen molar-refractivity contribution in [3.8, 4) is 0 Å². The molecule has 0 radical (unpaired) electrons. The average Bonchev–Trinajstić information content (AvgIpc) is 2.77. The third kappa shape index (κ3) is 4.77. The fourth-order valence-corrected chi connectivity index (χ4v) is 2.53. The summed E-state index contributed by atoms with van der Waals surface area (Å²) in [6, 6.07) is 8.51. The van der Waals surface area contributed by atoms with Gasteiger partial charge < -0.3 is 15.4 Å². The molecule has 5 nitrogen and oxygen atoms in total. The van der Waals surface area contributed by atoms with E-state index in [9.17, 15) is 0 Å². The minimum absolute atomic E-state index is 0.586. The van der Waals surface area contributed by atoms with Crippen LogP contribution in [0.25, 0.3) is 0 Å². The van der Waals surface area contributed by atoms with Crippen LogP contribution in [-0.4, -0.2) is 35.2 Å². The topological polar surface area (TPSA) is 51.1 Å². The number of aryl methyl sites for hydroxylation is 2. The fourth-order valence-electron chi connectivity index (χ4n) is 2.32. The highest BCUT2D eigenvalue weighted by Gasteiger charge is 2.12. The molecule has 124 valence electrons. The highest BCUT2D eigenvalue weighted by Crippen LogP contribution is 2.20. The summed E-state index contributed by atoms with van der Waals surface area (Å²) in [6.45, 7) is 8.17. The van der Waals surface area contributed by atoms with Crippen molar-refractivity contribution in [3.63, 3.8) is 0 Å². The third-order valence-electron chi connectivity index (χ3n) is 3.66. The van der Waals surface area contributed by atoms with Gasteiger partial charge in [-0.2, -0.15) is 5.10 Å². The van der Waals surface area contributed by atoms with E-state index in [1.807, 2.05) is 18.5 Å². The van der Waals surface area contributed by atoms with Crippen LogP contribution in [-0.2, 0) is 11.3 Å². The molecule has 23 heavy (non-hydrogen) atoms. The molecule has 1 aromatic carbocycles. The van der Waals surface area contributed by atoms with Gasteiger partial charge in [0.1, 0.15) is 0 Å². The Bertz CT molecular complexity index is 664. The van der Waals surface area contributed by atoms with Crippen molar-refractivity contribution in [2.45, 2.75) is 27.3 Å². The zero-order valence-corrected chi connectivity index (χ0v) is 15.0. The molecule has 1 aromatic heterocycles. The van der Waals surface area contributed by atoms with Crippen molar-refractivity contribution in [1.29, 1.82) is 0 Å². The molecule has 0 saturated carbocycles. The van der Waals surface area contributed by atoms with Crippen molar-refractivity contribution in [2.24, 2.45) is 0 Å². The Balaban J connectivity index is 2.06. The number of nitrogens with one attached hydrogen (secondary N) is 2. The first-order valence-electron chi connectivity index (χ1n) is 7.64. The van der Waals surface area contributed by atoms with Crippen LogP contribution in [0.3, 0.4) is 0 Å². The number of rotatable bonds is 6. The van der Waals surface area contributed by atoms with Gasteiger partial charge in [0.25, 0.3) is 0 Å². The first-order chi connectivity index (χ1) is 11.0. The van der Waals surface area contributed by atoms with E-state index >= 15 is 0 Å². The summed E-state index contributed by atoms with van der Waals surface area (Å²) in [7, 11) is 1.67. The predicted molar refractivity (Wildman–Crippen MR) is 98.1 cm³/mol. The molecule has 0 aliphatic heterocycles. The van der Waals surface area contributed by atoms with Crippen LogP contribution < -0.4 is 10.6 Å². The Labute approximate surface area is 143 Å². The minimum Gasteiger partial charge on any atom is -0.383 e. The van der Waals surface area contributed by atoms with E-state index in [0.29, 0.717) is 18.3 Å². The van der Waals surface area contributed by atoms with Crippen LogP contribution in [0, 0.1) is 20.8 Å². The van der Waals surface area contributed by atoms with Crippen LogP contribution in [0.15, 0.2) is 24.3 Å². The van der Waals surface area contributed by atoms with E-state index in [1.54, 1.807) is 7.11 Å². The Morgan fingerprint density at radius 2 is 1.91 bits per heavy atom. The quantitative estimate of drug-likeness (QED) is 0.629. The second-order valence-corrected chi connectivity index (χ2v) is 5.97. The molecule has 0 aliphatic rings. The summed E-state index contributed by atoms with van der Waals surface area (Å²) in [5.74, 6) is 0. The number of ether oxygens (including phenoxy) is 1. The minimum atomic E-state index is 0.586. The van der Waals surface area contributed by atoms with E-state index in [0.717, 1.165) is 23.6 Å². The number of aromatic nitrogens is 2. The molecule has 0 atom stereocenters. The lowest BCUT2D eigenvalue weighted by Crippen LogP contribution is -2.31. The Morgan fingerprint density at radius 1 is 1.22 bits per heavy atom. The van der Waals surface area contributed by atoms with Gasteiger partial charge in [-0.3, -0.25) is 4.68 Å². The normalized spacial score (nSPS) is 10.6. The molecule has 0 unspecified atom stereocenters. The van der Waals surface area contributed by atoms with E-state index in [1.165, 1.54) is 11.1 Å². The van der Waals surface area contributed by atoms with Crippen LogP contribution in [0.5, 0.6) is 0 Å². The summed E-state index contributed by atoms with van der Waals surface area (Å²) in [5.41, 5.74) is 5.46. The number of thiocarbonyl (C=S) groups is 1. The Hall–Kier alpha value is -1.92. The SMILES string of the molecule is COCCNC(=S)Nc1c(C)nn(Cc2ccc(C)cc2)c1C. The molecule has 2 aromatic rings. The van der Waals surface area contributed by atoms with Crippen LogP contribution in [0.1, 0.15) is 22.5 Å². The second-order valence-electron chi connectivity index (χ2n) is 5.56. The average molecular weight is 332 g/mol. The van der Waals surface area contributed by atoms with Crippen LogP contribution in [0.4, 0.5) is 5.69 Å². The number of hydrogen-bond donors (Lipinski definition) is 2. The number of anilines is 1. The zero-order valence-electron chi connectivity index (χ0n) is 14.1. The maximum absolute atomic E-state index is 5.31. The number of hydrogen-bond acceptors (Lipinski definition) is 3. The maximum Gasteiger partial charge on any atom is 0.170 e. The first kappa shape index (κ1) is 17.4. The molecule has 0 bridgehead atoms. The molecule has 0 spiro atoms. The van der Waals surface area contributed by atoms with E-state index in [-0.39, 0.29) is 0 Å². The molecule has 2 N–H and O–H groups in total. The van der Waals surface area contributed by atoms with Gasteiger partial charge in [-0.05, 0) is 38.6 Å². The number of nitrogens with zero attached hydrogens (tertiary/aromatic N) is 2. The van der Waals surface area contributed by atoms with Crippen molar-refractivity contribution in [1.82, 2.24) is 15.1 Å². The van der Waals surface area contributed by atoms with Gasteiger partial charge in [-0.25, -0.2) is 0 Å². The molecular formula is C17H24N4OS. The van der Waals surface area contributed by atoms with Gasteiger partial charge in [0.2, 0.25) is 0 Å². The van der Waals surface area contributed by atoms with E-state index < -0.39 is 0 Å². The summed E-state index contributed by atoms with van der Waals surface area (Å²) in [5, 5.41) is 11.5. The van der Waals surface area contributed by atoms with Crippen molar-refractivity contribution >= 4 is 23.0 Å². The Morgan fingerprint density at radius 3 is 2.57 bits per heavy atom. The van der Waals surface area contributed by atoms with Gasteiger partial charge >= 0.3 is 0 Å². The first-order valence-corrected chi connectivity index (χ1v) is 8.05. The van der Waals surface area contributed by atoms with Gasteiger partial charge in [-0.15, -0.1) is 0 Å². The molecule has 0 saturated heterocycles. The lowest BCUT2D eigenvalue weighted by Gasteiger charge is -2.11. The molecule has 0 amide bonds. The number of benzene rings is 1. The number of methoxy groups -OCH3 is 1. The molecule has 6 heteroatoms. The van der Waals surface area contributed by atoms with Crippen LogP contribution in [0.2, 0.25) is 0 Å². The largest absolute Gasteiger partial charge is 0.383 e. The molecule has 2 rings (SSSR count). The predicted octanol–water partition coefficient (Wildman–Crippen LogP) is 2.79. The van der Waals surface area contributed by atoms with Gasteiger partial charge in [0.05, 0.1) is 30.2 Å². The van der Waals surface area contributed by atoms with Gasteiger partial charge in [0.15, 0.2) is 5.11 Å². The molecule has 0 fully saturated rings. The van der Waals surface area contributed by atoms with Gasteiger partial charge in [0, 0.05) is 13.7 Å². The smallest absolute Gasteiger partial charge is 0.170 e. The molecule has 0 aliphatic carbocycles. The molecule has 1 heterocycles. The summed E-state index contributed by atoms with van der Waals surface area (Å²) >= 11 is 5.31. The fraction of sp³-hybridized carbons (Fsp3) is 0.412. The van der Waals surface area contributed by atoms with Gasteiger partial charge in [-0.1, -0.05) is 29.8 Å². The highest BCUT2D eigenvalue weighted by atomic mass is 32.1. The lowest BCUT2D eigenvalue weighted by atomic mass is 10.1. The monoisotopic (exact) mass is 332 g/mol. The van der Waals surface area contributed by atoms with Crippen LogP contribution >= 0.6 is 12.2 Å². The summed E-state index contributed by atoms with van der Waals surface area (Å²) < 4.78 is 7.00. The van der Waals surface area contributed by atoms with Crippen molar-refractivity contribution in [3.05, 3.63) is 46.8 Å². The summed E-state index contributed by atoms with van der Waals surface area (Å²) in [4.78, 5) is 0. The standard InChI is InChI=1S/C17H24N4OS/c1-12-5-7-15(8-6-12)11-21-14(3)16(13(2)20-21)19-17(23)18-9-10-22-4/h5-8H,9-11H2,1-4H3,(H2,18,19,23). The molecular weight excluding hydrogens is 308 g/mol. The van der Waals surface area contributed by atoms with E-state index in [2.05, 4.69) is 46.9 Å². The maximum atomic E-state index is 5.31. The lowest BCUT2D eigenvalue weighted by molar-refractivity contribution is 0.204. The second kappa shape index (κ2) is 8.08. The Kier molecular flexibility index (Phi) is 6.12. The van der Waals surface area contributed by atoms with Crippen molar-refractivity contribution < 1.29 is 4.74 Å². The highest BCUT2D eigenvalue weighted by molar-refractivity contribution is 7.80. The van der Waals surface area contributed by atoms with Crippen molar-refractivity contribution in [2.75, 3.05) is 25.6 Å².